The van der Waals surface area contributed by atoms with E-state index in [1.165, 1.54) is 0 Å². The van der Waals surface area contributed by atoms with Crippen LogP contribution in [0, 0.1) is 5.92 Å². The third kappa shape index (κ3) is 3.82. The van der Waals surface area contributed by atoms with Gasteiger partial charge in [-0.3, -0.25) is 4.79 Å². The molecule has 0 bridgehead atoms. The molecule has 6 heteroatoms. The van der Waals surface area contributed by atoms with Crippen LogP contribution in [0.3, 0.4) is 0 Å². The van der Waals surface area contributed by atoms with Crippen LogP contribution in [0.25, 0.3) is 0 Å². The molecule has 1 aromatic heterocycles. The fraction of sp³-hybridized carbons (Fsp3) is 0.667. The number of nitrogens with zero attached hydrogens (tertiary/aromatic N) is 3. The lowest BCUT2D eigenvalue weighted by Crippen LogP contribution is -2.39. The highest BCUT2D eigenvalue weighted by Gasteiger charge is 2.12. The van der Waals surface area contributed by atoms with E-state index >= 15 is 0 Å². The molecule has 0 atom stereocenters. The van der Waals surface area contributed by atoms with E-state index in [0.717, 1.165) is 0 Å². The quantitative estimate of drug-likeness (QED) is 0.691. The molecular formula is C12H23N5O. The Balaban J connectivity index is 3.03. The molecule has 0 amide bonds. The summed E-state index contributed by atoms with van der Waals surface area (Å²) in [5.41, 5.74) is 11.0. The van der Waals surface area contributed by atoms with Gasteiger partial charge in [-0.05, 0) is 5.92 Å². The van der Waals surface area contributed by atoms with Gasteiger partial charge < -0.3 is 20.9 Å². The molecule has 0 aliphatic carbocycles. The fourth-order valence-corrected chi connectivity index (χ4v) is 1.83. The Hall–Kier alpha value is -1.40. The third-order valence-corrected chi connectivity index (χ3v) is 2.55. The maximum absolute atomic E-state index is 12.3. The van der Waals surface area contributed by atoms with E-state index in [-0.39, 0.29) is 5.56 Å². The average molecular weight is 253 g/mol. The van der Waals surface area contributed by atoms with Gasteiger partial charge in [0, 0.05) is 45.1 Å². The lowest BCUT2D eigenvalue weighted by Gasteiger charge is -2.22. The maximum atomic E-state index is 12.3. The zero-order valence-corrected chi connectivity index (χ0v) is 11.2. The molecule has 0 unspecified atom stereocenters. The fourth-order valence-electron chi connectivity index (χ4n) is 1.83. The van der Waals surface area contributed by atoms with Crippen LogP contribution in [0.15, 0.2) is 17.2 Å². The normalized spacial score (nSPS) is 10.9. The van der Waals surface area contributed by atoms with Gasteiger partial charge in [0.25, 0.3) is 5.56 Å². The summed E-state index contributed by atoms with van der Waals surface area (Å²) >= 11 is 0. The Kier molecular flexibility index (Phi) is 5.80. The summed E-state index contributed by atoms with van der Waals surface area (Å²) in [6.45, 7) is 6.96. The number of nitrogens with two attached hydrogens (primary N) is 2. The van der Waals surface area contributed by atoms with E-state index in [0.29, 0.717) is 44.5 Å². The van der Waals surface area contributed by atoms with E-state index in [1.807, 2.05) is 4.90 Å². The molecular weight excluding hydrogens is 230 g/mol. The average Bonchev–Trinajstić information content (AvgIpc) is 2.31. The first-order valence-corrected chi connectivity index (χ1v) is 6.30. The lowest BCUT2D eigenvalue weighted by atomic mass is 10.2. The van der Waals surface area contributed by atoms with Crippen molar-refractivity contribution in [3.63, 3.8) is 0 Å². The molecule has 18 heavy (non-hydrogen) atoms. The van der Waals surface area contributed by atoms with Gasteiger partial charge in [-0.1, -0.05) is 13.8 Å². The van der Waals surface area contributed by atoms with Crippen LogP contribution in [0.4, 0.5) is 5.82 Å². The molecule has 1 rings (SSSR count). The standard InChI is InChI=1S/C12H23N5O/c1-10(2)9-17-8-5-15-11(12(17)18)16(6-3-13)7-4-14/h5,8,10H,3-4,6-7,9,13-14H2,1-2H3. The predicted octanol–water partition coefficient (Wildman–Crippen LogP) is -0.377. The third-order valence-electron chi connectivity index (χ3n) is 2.55. The van der Waals surface area contributed by atoms with Gasteiger partial charge in [0.2, 0.25) is 0 Å². The van der Waals surface area contributed by atoms with Crippen molar-refractivity contribution < 1.29 is 0 Å². The maximum Gasteiger partial charge on any atom is 0.293 e. The molecule has 0 aliphatic rings. The van der Waals surface area contributed by atoms with Crippen molar-refractivity contribution in [2.45, 2.75) is 20.4 Å². The minimum Gasteiger partial charge on any atom is -0.349 e. The van der Waals surface area contributed by atoms with Gasteiger partial charge in [-0.25, -0.2) is 4.98 Å². The molecule has 1 aromatic rings. The predicted molar refractivity (Wildman–Crippen MR) is 73.7 cm³/mol. The van der Waals surface area contributed by atoms with E-state index in [1.54, 1.807) is 17.0 Å². The van der Waals surface area contributed by atoms with Gasteiger partial charge in [-0.2, -0.15) is 0 Å². The first-order valence-electron chi connectivity index (χ1n) is 6.30. The largest absolute Gasteiger partial charge is 0.349 e. The van der Waals surface area contributed by atoms with Crippen LogP contribution in [-0.2, 0) is 6.54 Å². The first-order chi connectivity index (χ1) is 8.60. The number of hydrogen-bond donors (Lipinski definition) is 2. The minimum atomic E-state index is -0.0758. The minimum absolute atomic E-state index is 0.0758. The topological polar surface area (TPSA) is 90.2 Å². The van der Waals surface area contributed by atoms with Gasteiger partial charge in [0.15, 0.2) is 5.82 Å². The Morgan fingerprint density at radius 1 is 1.33 bits per heavy atom. The molecule has 0 saturated carbocycles. The lowest BCUT2D eigenvalue weighted by molar-refractivity contribution is 0.508. The summed E-state index contributed by atoms with van der Waals surface area (Å²) in [4.78, 5) is 18.3. The summed E-state index contributed by atoms with van der Waals surface area (Å²) in [6.07, 6.45) is 3.37. The van der Waals surface area contributed by atoms with Crippen molar-refractivity contribution in [2.24, 2.45) is 17.4 Å². The summed E-state index contributed by atoms with van der Waals surface area (Å²) in [7, 11) is 0. The SMILES string of the molecule is CC(C)Cn1ccnc(N(CCN)CCN)c1=O. The molecule has 0 fully saturated rings. The second-order valence-corrected chi connectivity index (χ2v) is 4.67. The summed E-state index contributed by atoms with van der Waals surface area (Å²) in [6, 6.07) is 0. The van der Waals surface area contributed by atoms with Gasteiger partial charge >= 0.3 is 0 Å². The highest BCUT2D eigenvalue weighted by atomic mass is 16.1. The van der Waals surface area contributed by atoms with Crippen LogP contribution >= 0.6 is 0 Å². The second-order valence-electron chi connectivity index (χ2n) is 4.67. The summed E-state index contributed by atoms with van der Waals surface area (Å²) < 4.78 is 1.69. The molecule has 0 radical (unpaired) electrons. The van der Waals surface area contributed by atoms with Gasteiger partial charge in [0.1, 0.15) is 0 Å². The summed E-state index contributed by atoms with van der Waals surface area (Å²) in [5.74, 6) is 0.851. The number of aromatic nitrogens is 2. The van der Waals surface area contributed by atoms with Crippen molar-refractivity contribution >= 4 is 5.82 Å². The summed E-state index contributed by atoms with van der Waals surface area (Å²) in [5, 5.41) is 0. The van der Waals surface area contributed by atoms with Crippen molar-refractivity contribution in [3.8, 4) is 0 Å². The van der Waals surface area contributed by atoms with E-state index < -0.39 is 0 Å². The second kappa shape index (κ2) is 7.13. The van der Waals surface area contributed by atoms with Crippen LogP contribution in [0.5, 0.6) is 0 Å². The van der Waals surface area contributed by atoms with Gasteiger partial charge in [0.05, 0.1) is 0 Å². The Bertz CT molecular complexity index is 409. The zero-order valence-electron chi connectivity index (χ0n) is 11.2. The molecule has 0 spiro atoms. The number of anilines is 1. The number of hydrogen-bond acceptors (Lipinski definition) is 5. The number of rotatable bonds is 7. The smallest absolute Gasteiger partial charge is 0.293 e. The Morgan fingerprint density at radius 3 is 2.44 bits per heavy atom. The van der Waals surface area contributed by atoms with Crippen molar-refractivity contribution in [1.29, 1.82) is 0 Å². The van der Waals surface area contributed by atoms with Crippen LogP contribution in [0.1, 0.15) is 13.8 Å². The Labute approximate surface area is 108 Å². The molecule has 0 saturated heterocycles. The zero-order chi connectivity index (χ0) is 13.5. The van der Waals surface area contributed by atoms with E-state index in [2.05, 4.69) is 18.8 Å². The van der Waals surface area contributed by atoms with Crippen molar-refractivity contribution in [2.75, 3.05) is 31.1 Å². The first kappa shape index (κ1) is 14.7. The molecule has 6 nitrogen and oxygen atoms in total. The molecule has 1 heterocycles. The van der Waals surface area contributed by atoms with Crippen LogP contribution < -0.4 is 21.9 Å². The van der Waals surface area contributed by atoms with Crippen LogP contribution in [-0.4, -0.2) is 35.7 Å². The molecule has 4 N–H and O–H groups in total. The van der Waals surface area contributed by atoms with Crippen molar-refractivity contribution in [1.82, 2.24) is 9.55 Å². The van der Waals surface area contributed by atoms with E-state index in [9.17, 15) is 4.79 Å². The van der Waals surface area contributed by atoms with Gasteiger partial charge in [-0.15, -0.1) is 0 Å². The van der Waals surface area contributed by atoms with Crippen molar-refractivity contribution in [3.05, 3.63) is 22.7 Å². The monoisotopic (exact) mass is 253 g/mol. The molecule has 0 aromatic carbocycles. The molecule has 0 aliphatic heterocycles. The van der Waals surface area contributed by atoms with Crippen LogP contribution in [0.2, 0.25) is 0 Å². The highest BCUT2D eigenvalue weighted by molar-refractivity contribution is 5.35. The highest BCUT2D eigenvalue weighted by Crippen LogP contribution is 2.03. The molecule has 102 valence electrons. The van der Waals surface area contributed by atoms with E-state index in [4.69, 9.17) is 11.5 Å². The Morgan fingerprint density at radius 2 is 1.94 bits per heavy atom.